The van der Waals surface area contributed by atoms with Gasteiger partial charge in [-0.05, 0) is 25.5 Å². The highest BCUT2D eigenvalue weighted by atomic mass is 32.2. The number of rotatable bonds is 5. The van der Waals surface area contributed by atoms with E-state index < -0.39 is 15.4 Å². The third kappa shape index (κ3) is 3.61. The highest BCUT2D eigenvalue weighted by Crippen LogP contribution is 2.27. The Balaban J connectivity index is 2.99. The maximum atomic E-state index is 11.5. The number of nitrogens with two attached hydrogens (primary N) is 1. The van der Waals surface area contributed by atoms with Crippen molar-refractivity contribution in [3.63, 3.8) is 0 Å². The molecule has 5 nitrogen and oxygen atoms in total. The minimum Gasteiger partial charge on any atom is -0.396 e. The molecule has 18 heavy (non-hydrogen) atoms. The molecule has 0 aliphatic heterocycles. The molecule has 6 heteroatoms. The van der Waals surface area contributed by atoms with Crippen LogP contribution in [-0.2, 0) is 9.84 Å². The summed E-state index contributed by atoms with van der Waals surface area (Å²) in [4.78, 5) is 0.101. The van der Waals surface area contributed by atoms with Crippen LogP contribution in [0.1, 0.15) is 20.3 Å². The molecule has 1 aromatic carbocycles. The van der Waals surface area contributed by atoms with Crippen molar-refractivity contribution in [1.29, 1.82) is 0 Å². The molecule has 0 aliphatic carbocycles. The SMILES string of the molecule is CCC(C)(O)CNc1cccc(S(C)(=O)=O)c1N. The first-order chi connectivity index (χ1) is 8.17. The van der Waals surface area contributed by atoms with E-state index in [0.717, 1.165) is 6.26 Å². The number of aliphatic hydroxyl groups is 1. The second kappa shape index (κ2) is 5.16. The topological polar surface area (TPSA) is 92.4 Å². The van der Waals surface area contributed by atoms with Gasteiger partial charge in [0.15, 0.2) is 9.84 Å². The number of benzene rings is 1. The maximum Gasteiger partial charge on any atom is 0.177 e. The summed E-state index contributed by atoms with van der Waals surface area (Å²) in [5, 5.41) is 12.9. The summed E-state index contributed by atoms with van der Waals surface area (Å²) >= 11 is 0. The Labute approximate surface area is 108 Å². The van der Waals surface area contributed by atoms with Crippen LogP contribution in [0.15, 0.2) is 23.1 Å². The van der Waals surface area contributed by atoms with Gasteiger partial charge in [0.25, 0.3) is 0 Å². The van der Waals surface area contributed by atoms with Gasteiger partial charge in [-0.15, -0.1) is 0 Å². The van der Waals surface area contributed by atoms with E-state index in [9.17, 15) is 13.5 Å². The van der Waals surface area contributed by atoms with Crippen molar-refractivity contribution >= 4 is 21.2 Å². The van der Waals surface area contributed by atoms with E-state index in [-0.39, 0.29) is 10.6 Å². The van der Waals surface area contributed by atoms with Crippen LogP contribution in [0.5, 0.6) is 0 Å². The van der Waals surface area contributed by atoms with Gasteiger partial charge in [-0.3, -0.25) is 0 Å². The molecule has 0 saturated carbocycles. The number of hydrogen-bond acceptors (Lipinski definition) is 5. The molecule has 0 fully saturated rings. The van der Waals surface area contributed by atoms with Crippen molar-refractivity contribution in [3.05, 3.63) is 18.2 Å². The molecule has 1 rings (SSSR count). The Hall–Kier alpha value is -1.27. The van der Waals surface area contributed by atoms with Gasteiger partial charge in [-0.25, -0.2) is 8.42 Å². The summed E-state index contributed by atoms with van der Waals surface area (Å²) in [6.07, 6.45) is 1.70. The minimum absolute atomic E-state index is 0.101. The lowest BCUT2D eigenvalue weighted by molar-refractivity contribution is 0.0697. The maximum absolute atomic E-state index is 11.5. The highest BCUT2D eigenvalue weighted by Gasteiger charge is 2.19. The standard InChI is InChI=1S/C12H20N2O3S/c1-4-12(2,15)8-14-9-6-5-7-10(11(9)13)18(3,16)17/h5-7,14-15H,4,8,13H2,1-3H3. The van der Waals surface area contributed by atoms with Crippen LogP contribution < -0.4 is 11.1 Å². The molecular formula is C12H20N2O3S. The summed E-state index contributed by atoms with van der Waals surface area (Å²) in [7, 11) is -3.34. The number of anilines is 2. The Morgan fingerprint density at radius 3 is 2.56 bits per heavy atom. The zero-order valence-corrected chi connectivity index (χ0v) is 11.7. The van der Waals surface area contributed by atoms with Crippen LogP contribution in [0.3, 0.4) is 0 Å². The van der Waals surface area contributed by atoms with Crippen molar-refractivity contribution in [2.75, 3.05) is 23.9 Å². The van der Waals surface area contributed by atoms with Crippen molar-refractivity contribution in [3.8, 4) is 0 Å². The Kier molecular flexibility index (Phi) is 4.24. The molecule has 1 unspecified atom stereocenters. The van der Waals surface area contributed by atoms with Crippen LogP contribution in [0.25, 0.3) is 0 Å². The lowest BCUT2D eigenvalue weighted by atomic mass is 10.0. The summed E-state index contributed by atoms with van der Waals surface area (Å²) in [6.45, 7) is 3.88. The van der Waals surface area contributed by atoms with Crippen molar-refractivity contribution in [2.45, 2.75) is 30.8 Å². The summed E-state index contributed by atoms with van der Waals surface area (Å²) < 4.78 is 23.0. The Bertz CT molecular complexity index is 524. The predicted molar refractivity (Wildman–Crippen MR) is 73.4 cm³/mol. The van der Waals surface area contributed by atoms with E-state index in [1.165, 1.54) is 6.07 Å². The van der Waals surface area contributed by atoms with Gasteiger partial charge in [-0.2, -0.15) is 0 Å². The lowest BCUT2D eigenvalue weighted by Gasteiger charge is -2.23. The predicted octanol–water partition coefficient (Wildman–Crippen LogP) is 1.25. The Morgan fingerprint density at radius 2 is 2.06 bits per heavy atom. The summed E-state index contributed by atoms with van der Waals surface area (Å²) in [5.74, 6) is 0. The molecule has 1 atom stereocenters. The van der Waals surface area contributed by atoms with Gasteiger partial charge in [0.05, 0.1) is 21.9 Å². The van der Waals surface area contributed by atoms with Gasteiger partial charge < -0.3 is 16.2 Å². The monoisotopic (exact) mass is 272 g/mol. The fourth-order valence-electron chi connectivity index (χ4n) is 1.43. The smallest absolute Gasteiger partial charge is 0.177 e. The first kappa shape index (κ1) is 14.8. The molecular weight excluding hydrogens is 252 g/mol. The van der Waals surface area contributed by atoms with Crippen LogP contribution in [-0.4, -0.2) is 31.9 Å². The van der Waals surface area contributed by atoms with Crippen molar-refractivity contribution in [1.82, 2.24) is 0 Å². The van der Waals surface area contributed by atoms with Gasteiger partial charge in [0.2, 0.25) is 0 Å². The van der Waals surface area contributed by atoms with E-state index in [1.807, 2.05) is 6.92 Å². The van der Waals surface area contributed by atoms with Gasteiger partial charge in [0.1, 0.15) is 0 Å². The van der Waals surface area contributed by atoms with E-state index in [2.05, 4.69) is 5.32 Å². The van der Waals surface area contributed by atoms with Crippen LogP contribution in [0, 0.1) is 0 Å². The molecule has 4 N–H and O–H groups in total. The molecule has 0 bridgehead atoms. The molecule has 1 aromatic rings. The zero-order valence-electron chi connectivity index (χ0n) is 10.9. The van der Waals surface area contributed by atoms with Crippen LogP contribution in [0.2, 0.25) is 0 Å². The number of hydrogen-bond donors (Lipinski definition) is 3. The van der Waals surface area contributed by atoms with E-state index in [0.29, 0.717) is 18.7 Å². The quantitative estimate of drug-likeness (QED) is 0.701. The third-order valence-electron chi connectivity index (χ3n) is 2.89. The van der Waals surface area contributed by atoms with E-state index >= 15 is 0 Å². The van der Waals surface area contributed by atoms with Crippen molar-refractivity contribution in [2.24, 2.45) is 0 Å². The first-order valence-electron chi connectivity index (χ1n) is 5.72. The highest BCUT2D eigenvalue weighted by molar-refractivity contribution is 7.90. The number of para-hydroxylation sites is 1. The fourth-order valence-corrected chi connectivity index (χ4v) is 2.27. The number of nitrogens with one attached hydrogen (secondary N) is 1. The van der Waals surface area contributed by atoms with Crippen molar-refractivity contribution < 1.29 is 13.5 Å². The normalized spacial score (nSPS) is 15.1. The van der Waals surface area contributed by atoms with E-state index in [1.54, 1.807) is 19.1 Å². The average molecular weight is 272 g/mol. The number of nitrogen functional groups attached to an aromatic ring is 1. The summed E-state index contributed by atoms with van der Waals surface area (Å²) in [6, 6.07) is 4.78. The van der Waals surface area contributed by atoms with E-state index in [4.69, 9.17) is 5.73 Å². The van der Waals surface area contributed by atoms with Gasteiger partial charge in [0, 0.05) is 12.8 Å². The second-order valence-corrected chi connectivity index (χ2v) is 6.68. The Morgan fingerprint density at radius 1 is 1.44 bits per heavy atom. The molecule has 0 aliphatic rings. The lowest BCUT2D eigenvalue weighted by Crippen LogP contribution is -2.32. The second-order valence-electron chi connectivity index (χ2n) is 4.69. The third-order valence-corrected chi connectivity index (χ3v) is 4.04. The summed E-state index contributed by atoms with van der Waals surface area (Å²) in [5.41, 5.74) is 5.67. The molecule has 0 amide bonds. The average Bonchev–Trinajstić information content (AvgIpc) is 2.26. The van der Waals surface area contributed by atoms with Gasteiger partial charge in [-0.1, -0.05) is 13.0 Å². The number of sulfone groups is 1. The van der Waals surface area contributed by atoms with Crippen LogP contribution in [0.4, 0.5) is 11.4 Å². The van der Waals surface area contributed by atoms with Crippen LogP contribution >= 0.6 is 0 Å². The van der Waals surface area contributed by atoms with Gasteiger partial charge >= 0.3 is 0 Å². The zero-order chi connectivity index (χ0) is 14.0. The minimum atomic E-state index is -3.34. The molecule has 102 valence electrons. The fraction of sp³-hybridized carbons (Fsp3) is 0.500. The molecule has 0 heterocycles. The molecule has 0 spiro atoms. The first-order valence-corrected chi connectivity index (χ1v) is 7.61. The molecule has 0 saturated heterocycles. The largest absolute Gasteiger partial charge is 0.396 e. The molecule has 0 aromatic heterocycles. The molecule has 0 radical (unpaired) electrons.